The SMILES string of the molecule is CCCCCC(C)NC(C)c1ccccn1. The van der Waals surface area contributed by atoms with E-state index < -0.39 is 0 Å². The number of nitrogens with zero attached hydrogens (tertiary/aromatic N) is 1. The quantitative estimate of drug-likeness (QED) is 0.709. The summed E-state index contributed by atoms with van der Waals surface area (Å²) < 4.78 is 0. The molecule has 0 bridgehead atoms. The Morgan fingerprint density at radius 3 is 2.69 bits per heavy atom. The number of unbranched alkanes of at least 4 members (excludes halogenated alkanes) is 2. The van der Waals surface area contributed by atoms with E-state index in [0.717, 1.165) is 5.69 Å². The van der Waals surface area contributed by atoms with Crippen LogP contribution in [-0.2, 0) is 0 Å². The number of pyridine rings is 1. The van der Waals surface area contributed by atoms with Gasteiger partial charge in [-0.1, -0.05) is 32.3 Å². The first kappa shape index (κ1) is 13.2. The molecule has 0 aliphatic rings. The van der Waals surface area contributed by atoms with Crippen molar-refractivity contribution in [2.45, 2.75) is 58.5 Å². The number of rotatable bonds is 7. The van der Waals surface area contributed by atoms with Crippen molar-refractivity contribution < 1.29 is 0 Å². The van der Waals surface area contributed by atoms with Crippen LogP contribution in [0, 0.1) is 0 Å². The summed E-state index contributed by atoms with van der Waals surface area (Å²) in [6, 6.07) is 7.00. The molecule has 1 heterocycles. The van der Waals surface area contributed by atoms with E-state index in [0.29, 0.717) is 12.1 Å². The van der Waals surface area contributed by atoms with Crippen LogP contribution in [0.2, 0.25) is 0 Å². The molecule has 0 radical (unpaired) electrons. The van der Waals surface area contributed by atoms with Gasteiger partial charge in [-0.2, -0.15) is 0 Å². The molecule has 0 amide bonds. The van der Waals surface area contributed by atoms with Gasteiger partial charge in [-0.15, -0.1) is 0 Å². The summed E-state index contributed by atoms with van der Waals surface area (Å²) in [4.78, 5) is 4.37. The maximum atomic E-state index is 4.37. The largest absolute Gasteiger partial charge is 0.306 e. The van der Waals surface area contributed by atoms with Gasteiger partial charge < -0.3 is 5.32 Å². The van der Waals surface area contributed by atoms with Gasteiger partial charge in [0.25, 0.3) is 0 Å². The molecule has 1 N–H and O–H groups in total. The summed E-state index contributed by atoms with van der Waals surface area (Å²) in [7, 11) is 0. The Morgan fingerprint density at radius 2 is 2.06 bits per heavy atom. The fourth-order valence-electron chi connectivity index (χ4n) is 1.93. The number of hydrogen-bond acceptors (Lipinski definition) is 2. The fourth-order valence-corrected chi connectivity index (χ4v) is 1.93. The molecule has 2 unspecified atom stereocenters. The zero-order chi connectivity index (χ0) is 11.8. The summed E-state index contributed by atoms with van der Waals surface area (Å²) in [6.45, 7) is 6.68. The molecule has 2 atom stereocenters. The zero-order valence-electron chi connectivity index (χ0n) is 10.7. The minimum absolute atomic E-state index is 0.345. The number of nitrogens with one attached hydrogen (secondary N) is 1. The average molecular weight is 220 g/mol. The molecule has 1 aromatic heterocycles. The first-order chi connectivity index (χ1) is 7.74. The lowest BCUT2D eigenvalue weighted by Crippen LogP contribution is -2.29. The van der Waals surface area contributed by atoms with Gasteiger partial charge in [0, 0.05) is 18.3 Å². The highest BCUT2D eigenvalue weighted by Crippen LogP contribution is 2.11. The minimum Gasteiger partial charge on any atom is -0.306 e. The normalized spacial score (nSPS) is 14.7. The third-order valence-corrected chi connectivity index (χ3v) is 2.91. The average Bonchev–Trinajstić information content (AvgIpc) is 2.30. The molecule has 0 saturated heterocycles. The summed E-state index contributed by atoms with van der Waals surface area (Å²) in [6.07, 6.45) is 7.06. The smallest absolute Gasteiger partial charge is 0.0570 e. The highest BCUT2D eigenvalue weighted by molar-refractivity contribution is 5.07. The van der Waals surface area contributed by atoms with Crippen molar-refractivity contribution in [1.29, 1.82) is 0 Å². The Balaban J connectivity index is 2.31. The van der Waals surface area contributed by atoms with E-state index in [-0.39, 0.29) is 0 Å². The second-order valence-corrected chi connectivity index (χ2v) is 4.54. The summed E-state index contributed by atoms with van der Waals surface area (Å²) in [5.74, 6) is 0. The van der Waals surface area contributed by atoms with Gasteiger partial charge in [-0.3, -0.25) is 4.98 Å². The summed E-state index contributed by atoms with van der Waals surface area (Å²) in [5, 5.41) is 3.59. The maximum absolute atomic E-state index is 4.37. The van der Waals surface area contributed by atoms with E-state index in [1.54, 1.807) is 0 Å². The van der Waals surface area contributed by atoms with Crippen molar-refractivity contribution >= 4 is 0 Å². The molecule has 0 aliphatic carbocycles. The lowest BCUT2D eigenvalue weighted by molar-refractivity contribution is 0.435. The first-order valence-corrected chi connectivity index (χ1v) is 6.41. The maximum Gasteiger partial charge on any atom is 0.0570 e. The van der Waals surface area contributed by atoms with Gasteiger partial charge in [0.1, 0.15) is 0 Å². The summed E-state index contributed by atoms with van der Waals surface area (Å²) in [5.41, 5.74) is 1.13. The molecule has 0 spiro atoms. The van der Waals surface area contributed by atoms with Crippen molar-refractivity contribution in [2.75, 3.05) is 0 Å². The third-order valence-electron chi connectivity index (χ3n) is 2.91. The second-order valence-electron chi connectivity index (χ2n) is 4.54. The minimum atomic E-state index is 0.345. The molecule has 0 aliphatic heterocycles. The van der Waals surface area contributed by atoms with Crippen LogP contribution in [0.5, 0.6) is 0 Å². The Kier molecular flexibility index (Phi) is 6.09. The third kappa shape index (κ3) is 4.75. The Bertz CT molecular complexity index is 271. The molecular weight excluding hydrogens is 196 g/mol. The van der Waals surface area contributed by atoms with E-state index in [1.165, 1.54) is 25.7 Å². The van der Waals surface area contributed by atoms with Crippen LogP contribution >= 0.6 is 0 Å². The molecule has 1 rings (SSSR count). The summed E-state index contributed by atoms with van der Waals surface area (Å²) >= 11 is 0. The van der Waals surface area contributed by atoms with Crippen molar-refractivity contribution in [1.82, 2.24) is 10.3 Å². The van der Waals surface area contributed by atoms with Crippen LogP contribution in [0.4, 0.5) is 0 Å². The predicted octanol–water partition coefficient (Wildman–Crippen LogP) is 3.70. The van der Waals surface area contributed by atoms with Crippen LogP contribution in [0.1, 0.15) is 58.2 Å². The fraction of sp³-hybridized carbons (Fsp3) is 0.643. The van der Waals surface area contributed by atoms with Gasteiger partial charge in [0.15, 0.2) is 0 Å². The van der Waals surface area contributed by atoms with Crippen molar-refractivity contribution in [3.63, 3.8) is 0 Å². The van der Waals surface area contributed by atoms with Crippen molar-refractivity contribution in [3.8, 4) is 0 Å². The van der Waals surface area contributed by atoms with Crippen LogP contribution in [-0.4, -0.2) is 11.0 Å². The monoisotopic (exact) mass is 220 g/mol. The van der Waals surface area contributed by atoms with Crippen molar-refractivity contribution in [2.24, 2.45) is 0 Å². The molecule has 0 fully saturated rings. The highest BCUT2D eigenvalue weighted by atomic mass is 15.0. The Labute approximate surface area is 99.5 Å². The molecule has 0 saturated carbocycles. The number of aromatic nitrogens is 1. The zero-order valence-corrected chi connectivity index (χ0v) is 10.7. The van der Waals surface area contributed by atoms with E-state index in [4.69, 9.17) is 0 Å². The molecule has 2 heteroatoms. The van der Waals surface area contributed by atoms with Gasteiger partial charge in [0.05, 0.1) is 5.69 Å². The van der Waals surface area contributed by atoms with E-state index in [9.17, 15) is 0 Å². The molecular formula is C14H24N2. The van der Waals surface area contributed by atoms with Gasteiger partial charge in [-0.25, -0.2) is 0 Å². The van der Waals surface area contributed by atoms with Crippen LogP contribution in [0.25, 0.3) is 0 Å². The first-order valence-electron chi connectivity index (χ1n) is 6.41. The van der Waals surface area contributed by atoms with Crippen LogP contribution in [0.15, 0.2) is 24.4 Å². The predicted molar refractivity (Wildman–Crippen MR) is 69.4 cm³/mol. The Morgan fingerprint density at radius 1 is 1.25 bits per heavy atom. The van der Waals surface area contributed by atoms with Gasteiger partial charge in [-0.05, 0) is 32.4 Å². The van der Waals surface area contributed by atoms with E-state index >= 15 is 0 Å². The molecule has 16 heavy (non-hydrogen) atoms. The molecule has 1 aromatic rings. The molecule has 0 aromatic carbocycles. The van der Waals surface area contributed by atoms with Crippen molar-refractivity contribution in [3.05, 3.63) is 30.1 Å². The van der Waals surface area contributed by atoms with E-state index in [1.807, 2.05) is 18.3 Å². The Hall–Kier alpha value is -0.890. The topological polar surface area (TPSA) is 24.9 Å². The van der Waals surface area contributed by atoms with Gasteiger partial charge in [0.2, 0.25) is 0 Å². The standard InChI is InChI=1S/C14H24N2/c1-4-5-6-9-12(2)16-13(3)14-10-7-8-11-15-14/h7-8,10-13,16H,4-6,9H2,1-3H3. The van der Waals surface area contributed by atoms with Crippen LogP contribution < -0.4 is 5.32 Å². The molecule has 2 nitrogen and oxygen atoms in total. The molecule has 90 valence electrons. The lowest BCUT2D eigenvalue weighted by Gasteiger charge is -2.19. The van der Waals surface area contributed by atoms with Crippen LogP contribution in [0.3, 0.4) is 0 Å². The highest BCUT2D eigenvalue weighted by Gasteiger charge is 2.09. The lowest BCUT2D eigenvalue weighted by atomic mass is 10.1. The van der Waals surface area contributed by atoms with Gasteiger partial charge >= 0.3 is 0 Å². The van der Waals surface area contributed by atoms with E-state index in [2.05, 4.69) is 37.1 Å². The second kappa shape index (κ2) is 7.39. The number of hydrogen-bond donors (Lipinski definition) is 1.